The monoisotopic (exact) mass is 374 g/mol. The Hall–Kier alpha value is -0.310. The van der Waals surface area contributed by atoms with Gasteiger partial charge in [0.05, 0.1) is 7.11 Å². The van der Waals surface area contributed by atoms with Crippen LogP contribution in [-0.4, -0.2) is 17.9 Å². The molecule has 0 unspecified atom stereocenters. The summed E-state index contributed by atoms with van der Waals surface area (Å²) in [6, 6.07) is 0. The fourth-order valence-electron chi connectivity index (χ4n) is 2.44. The lowest BCUT2D eigenvalue weighted by molar-refractivity contribution is -0.140. The largest absolute Gasteiger partial charge is 0.469 e. The summed E-state index contributed by atoms with van der Waals surface area (Å²) in [5, 5.41) is 0. The van der Waals surface area contributed by atoms with Crippen molar-refractivity contribution in [2.75, 3.05) is 7.11 Å². The molecule has 1 atom stereocenters. The highest BCUT2D eigenvalue weighted by Gasteiger charge is 2.01. The van der Waals surface area contributed by atoms with Crippen LogP contribution in [0.1, 0.15) is 90.4 Å². The fraction of sp³-hybridized carbons (Fsp3) is 0.842. The number of halogens is 1. The Morgan fingerprint density at radius 2 is 1.68 bits per heavy atom. The predicted molar refractivity (Wildman–Crippen MR) is 99.6 cm³/mol. The molecule has 22 heavy (non-hydrogen) atoms. The summed E-state index contributed by atoms with van der Waals surface area (Å²) < 4.78 is 4.63. The average molecular weight is 375 g/mol. The van der Waals surface area contributed by atoms with Crippen molar-refractivity contribution in [3.05, 3.63) is 12.2 Å². The highest BCUT2D eigenvalue weighted by Crippen LogP contribution is 2.16. The Balaban J connectivity index is 3.28. The van der Waals surface area contributed by atoms with Crippen LogP contribution in [0.4, 0.5) is 0 Å². The minimum atomic E-state index is -0.0815. The molecule has 0 bridgehead atoms. The molecule has 0 aliphatic heterocycles. The minimum Gasteiger partial charge on any atom is -0.469 e. The summed E-state index contributed by atoms with van der Waals surface area (Å²) in [5.74, 6) is -0.0815. The number of hydrogen-bond acceptors (Lipinski definition) is 2. The number of carbonyl (C=O) groups is 1. The van der Waals surface area contributed by atoms with Gasteiger partial charge in [-0.1, -0.05) is 80.0 Å². The maximum absolute atomic E-state index is 10.9. The van der Waals surface area contributed by atoms with Crippen LogP contribution in [0, 0.1) is 0 Å². The van der Waals surface area contributed by atoms with Gasteiger partial charge in [-0.25, -0.2) is 0 Å². The molecule has 0 aliphatic rings. The molecule has 3 heteroatoms. The van der Waals surface area contributed by atoms with E-state index >= 15 is 0 Å². The molecule has 0 aromatic carbocycles. The zero-order valence-electron chi connectivity index (χ0n) is 14.6. The topological polar surface area (TPSA) is 26.3 Å². The summed E-state index contributed by atoms with van der Waals surface area (Å²) in [6.07, 6.45) is 20.1. The van der Waals surface area contributed by atoms with Crippen LogP contribution in [0.5, 0.6) is 0 Å². The van der Waals surface area contributed by atoms with Gasteiger partial charge >= 0.3 is 5.97 Å². The van der Waals surface area contributed by atoms with E-state index in [0.717, 1.165) is 19.3 Å². The van der Waals surface area contributed by atoms with Crippen LogP contribution in [0.2, 0.25) is 0 Å². The molecule has 0 amide bonds. The molecule has 0 aliphatic carbocycles. The fourth-order valence-corrected chi connectivity index (χ4v) is 2.98. The molecule has 130 valence electrons. The minimum absolute atomic E-state index is 0.0815. The molecule has 0 saturated heterocycles. The molecule has 0 heterocycles. The maximum atomic E-state index is 10.9. The van der Waals surface area contributed by atoms with Crippen molar-refractivity contribution >= 4 is 21.9 Å². The van der Waals surface area contributed by atoms with Gasteiger partial charge in [0, 0.05) is 11.2 Å². The number of alkyl halides is 1. The van der Waals surface area contributed by atoms with Gasteiger partial charge in [-0.2, -0.15) is 0 Å². The molecule has 2 nitrogen and oxygen atoms in total. The highest BCUT2D eigenvalue weighted by atomic mass is 79.9. The quantitative estimate of drug-likeness (QED) is 0.140. The van der Waals surface area contributed by atoms with E-state index in [1.165, 1.54) is 64.9 Å². The van der Waals surface area contributed by atoms with E-state index in [9.17, 15) is 4.79 Å². The third-order valence-corrected chi connectivity index (χ3v) is 4.74. The van der Waals surface area contributed by atoms with E-state index in [0.29, 0.717) is 11.2 Å². The summed E-state index contributed by atoms with van der Waals surface area (Å²) in [6.45, 7) is 2.26. The number of ether oxygens (including phenoxy) is 1. The lowest BCUT2D eigenvalue weighted by Gasteiger charge is -2.06. The van der Waals surface area contributed by atoms with Gasteiger partial charge < -0.3 is 4.74 Å². The van der Waals surface area contributed by atoms with Crippen LogP contribution in [-0.2, 0) is 9.53 Å². The first-order chi connectivity index (χ1) is 10.7. The van der Waals surface area contributed by atoms with Crippen LogP contribution >= 0.6 is 15.9 Å². The highest BCUT2D eigenvalue weighted by molar-refractivity contribution is 9.09. The van der Waals surface area contributed by atoms with Crippen molar-refractivity contribution < 1.29 is 9.53 Å². The van der Waals surface area contributed by atoms with Crippen LogP contribution in [0.3, 0.4) is 0 Å². The SMILES string of the molecule is CCCCCC[C@H](Br)C/C=C/CCCCCCCC(=O)OC. The number of esters is 1. The van der Waals surface area contributed by atoms with Gasteiger partial charge in [-0.3, -0.25) is 4.79 Å². The van der Waals surface area contributed by atoms with Gasteiger partial charge in [-0.15, -0.1) is 0 Å². The molecular weight excluding hydrogens is 340 g/mol. The number of unbranched alkanes of at least 4 members (excludes halogenated alkanes) is 8. The first kappa shape index (κ1) is 21.7. The maximum Gasteiger partial charge on any atom is 0.305 e. The molecule has 0 saturated carbocycles. The van der Waals surface area contributed by atoms with Crippen molar-refractivity contribution in [3.63, 3.8) is 0 Å². The number of hydrogen-bond donors (Lipinski definition) is 0. The molecule has 0 spiro atoms. The predicted octanol–water partition coefficient (Wildman–Crippen LogP) is 6.57. The van der Waals surface area contributed by atoms with Gasteiger partial charge in [0.2, 0.25) is 0 Å². The lowest BCUT2D eigenvalue weighted by atomic mass is 10.1. The molecule has 0 radical (unpaired) electrons. The average Bonchev–Trinajstić information content (AvgIpc) is 2.53. The van der Waals surface area contributed by atoms with Gasteiger partial charge in [0.25, 0.3) is 0 Å². The van der Waals surface area contributed by atoms with Gasteiger partial charge in [0.1, 0.15) is 0 Å². The lowest BCUT2D eigenvalue weighted by Crippen LogP contribution is -1.99. The second-order valence-electron chi connectivity index (χ2n) is 6.04. The van der Waals surface area contributed by atoms with Crippen molar-refractivity contribution in [2.24, 2.45) is 0 Å². The second kappa shape index (κ2) is 17.1. The molecule has 0 fully saturated rings. The molecule has 0 N–H and O–H groups in total. The summed E-state index contributed by atoms with van der Waals surface area (Å²) >= 11 is 3.77. The molecule has 0 aromatic heterocycles. The Kier molecular flexibility index (Phi) is 16.8. The number of carbonyl (C=O) groups excluding carboxylic acids is 1. The zero-order valence-corrected chi connectivity index (χ0v) is 16.2. The second-order valence-corrected chi connectivity index (χ2v) is 7.33. The Morgan fingerprint density at radius 1 is 1.00 bits per heavy atom. The van der Waals surface area contributed by atoms with Crippen LogP contribution in [0.25, 0.3) is 0 Å². The summed E-state index contributed by atoms with van der Waals surface area (Å²) in [4.78, 5) is 11.6. The van der Waals surface area contributed by atoms with Crippen LogP contribution < -0.4 is 0 Å². The molecule has 0 aromatic rings. The first-order valence-corrected chi connectivity index (χ1v) is 9.98. The Bertz CT molecular complexity index is 277. The standard InChI is InChI=1S/C19H35BrO2/c1-3-4-5-12-15-18(20)16-13-10-8-6-7-9-11-14-17-19(21)22-2/h10,13,18H,3-9,11-12,14-17H2,1-2H3/b13-10+/t18-/m0/s1. The van der Waals surface area contributed by atoms with E-state index in [-0.39, 0.29) is 5.97 Å². The normalized spacial score (nSPS) is 12.7. The van der Waals surface area contributed by atoms with Gasteiger partial charge in [0.15, 0.2) is 0 Å². The first-order valence-electron chi connectivity index (χ1n) is 9.06. The van der Waals surface area contributed by atoms with Crippen molar-refractivity contribution in [3.8, 4) is 0 Å². The summed E-state index contributed by atoms with van der Waals surface area (Å²) in [7, 11) is 1.46. The number of methoxy groups -OCH3 is 1. The van der Waals surface area contributed by atoms with E-state index in [4.69, 9.17) is 0 Å². The number of rotatable bonds is 15. The van der Waals surface area contributed by atoms with E-state index in [1.54, 1.807) is 0 Å². The van der Waals surface area contributed by atoms with Gasteiger partial charge in [-0.05, 0) is 32.1 Å². The summed E-state index contributed by atoms with van der Waals surface area (Å²) in [5.41, 5.74) is 0. The van der Waals surface area contributed by atoms with E-state index < -0.39 is 0 Å². The van der Waals surface area contributed by atoms with Crippen LogP contribution in [0.15, 0.2) is 12.2 Å². The zero-order chi connectivity index (χ0) is 16.5. The Labute approximate surface area is 146 Å². The smallest absolute Gasteiger partial charge is 0.305 e. The van der Waals surface area contributed by atoms with Crippen molar-refractivity contribution in [1.29, 1.82) is 0 Å². The third kappa shape index (κ3) is 16.1. The van der Waals surface area contributed by atoms with E-state index in [2.05, 4.69) is 39.7 Å². The van der Waals surface area contributed by atoms with E-state index in [1.807, 2.05) is 0 Å². The molecule has 0 rings (SSSR count). The number of allylic oxidation sites excluding steroid dienone is 2. The Morgan fingerprint density at radius 3 is 2.41 bits per heavy atom. The van der Waals surface area contributed by atoms with Crippen molar-refractivity contribution in [2.45, 2.75) is 95.2 Å². The third-order valence-electron chi connectivity index (χ3n) is 3.91. The van der Waals surface area contributed by atoms with Crippen molar-refractivity contribution in [1.82, 2.24) is 0 Å². The molecular formula is C19H35BrO2.